The summed E-state index contributed by atoms with van der Waals surface area (Å²) in [4.78, 5) is 34.0. The number of carbonyl (C=O) groups excluding carboxylic acids is 2. The lowest BCUT2D eigenvalue weighted by molar-refractivity contribution is 0.0428. The van der Waals surface area contributed by atoms with Crippen molar-refractivity contribution in [1.82, 2.24) is 14.8 Å². The quantitative estimate of drug-likeness (QED) is 0.270. The molecule has 9 nitrogen and oxygen atoms in total. The Balaban J connectivity index is 0.00000216. The molecule has 0 aliphatic carbocycles. The molecule has 1 N–H and O–H groups in total. The van der Waals surface area contributed by atoms with E-state index in [0.29, 0.717) is 29.4 Å². The van der Waals surface area contributed by atoms with Crippen molar-refractivity contribution in [3.8, 4) is 18.1 Å². The monoisotopic (exact) mass is 600 g/mol. The fourth-order valence-electron chi connectivity index (χ4n) is 4.87. The molecule has 0 unspecified atom stereocenters. The number of nitrogens with zero attached hydrogens (tertiary/aromatic N) is 5. The van der Waals surface area contributed by atoms with E-state index in [1.54, 1.807) is 31.1 Å². The topological polar surface area (TPSA) is 92.6 Å². The largest absolute Gasteiger partial charge is 0.495 e. The van der Waals surface area contributed by atoms with Crippen LogP contribution in [0.25, 0.3) is 0 Å². The Morgan fingerprint density at radius 1 is 1.11 bits per heavy atom. The number of methoxy groups -OCH3 is 1. The standard InChI is InChI=1S/C31H28F2N6O3.C2H6/c1-6-20-15-21(7-12-26(20)42-5)29(40)36-25-17-35-38-18-19(2)39(30(41)28(25)38)24-10-8-22(9-11-24)31(32,33)23-13-14-34-27(16-23)37(3)4;1-2/h1,7-17,19H,18H2,2-5H3,(H,36,40);1-2H3/t19-;/m0./s1. The number of benzene rings is 2. The van der Waals surface area contributed by atoms with Gasteiger partial charge in [-0.2, -0.15) is 13.9 Å². The van der Waals surface area contributed by atoms with Crippen molar-refractivity contribution in [1.29, 1.82) is 0 Å². The number of nitrogens with one attached hydrogen (secondary N) is 1. The van der Waals surface area contributed by atoms with Gasteiger partial charge in [0.15, 0.2) is 0 Å². The Kier molecular flexibility index (Phi) is 9.33. The van der Waals surface area contributed by atoms with Crippen molar-refractivity contribution in [2.45, 2.75) is 39.3 Å². The molecule has 0 radical (unpaired) electrons. The van der Waals surface area contributed by atoms with Crippen LogP contribution in [0.5, 0.6) is 5.75 Å². The van der Waals surface area contributed by atoms with Crippen LogP contribution < -0.4 is 19.9 Å². The molecular weight excluding hydrogens is 566 g/mol. The van der Waals surface area contributed by atoms with Crippen LogP contribution in [0.1, 0.15) is 58.3 Å². The van der Waals surface area contributed by atoms with Crippen LogP contribution in [0, 0.1) is 12.3 Å². The fourth-order valence-corrected chi connectivity index (χ4v) is 4.87. The van der Waals surface area contributed by atoms with Crippen LogP contribution >= 0.6 is 0 Å². The highest BCUT2D eigenvalue weighted by Crippen LogP contribution is 2.38. The molecule has 0 bridgehead atoms. The van der Waals surface area contributed by atoms with E-state index in [4.69, 9.17) is 11.2 Å². The normalized spacial score (nSPS) is 14.1. The minimum Gasteiger partial charge on any atom is -0.495 e. The van der Waals surface area contributed by atoms with Gasteiger partial charge < -0.3 is 19.9 Å². The van der Waals surface area contributed by atoms with E-state index in [1.807, 2.05) is 20.8 Å². The molecular formula is C33H34F2N6O3. The van der Waals surface area contributed by atoms with Crippen LogP contribution in [-0.4, -0.2) is 53.8 Å². The van der Waals surface area contributed by atoms with Crippen LogP contribution in [0.4, 0.5) is 26.0 Å². The Bertz CT molecular complexity index is 1710. The van der Waals surface area contributed by atoms with E-state index < -0.39 is 17.7 Å². The van der Waals surface area contributed by atoms with Crippen LogP contribution in [0.2, 0.25) is 0 Å². The van der Waals surface area contributed by atoms with E-state index in [1.165, 1.54) is 71.5 Å². The predicted octanol–water partition coefficient (Wildman–Crippen LogP) is 5.80. The zero-order valence-corrected chi connectivity index (χ0v) is 25.4. The maximum atomic E-state index is 15.4. The third kappa shape index (κ3) is 5.97. The highest BCUT2D eigenvalue weighted by atomic mass is 19.3. The van der Waals surface area contributed by atoms with Crippen molar-refractivity contribution in [3.05, 3.63) is 94.9 Å². The molecule has 44 heavy (non-hydrogen) atoms. The molecule has 228 valence electrons. The van der Waals surface area contributed by atoms with Crippen molar-refractivity contribution in [3.63, 3.8) is 0 Å². The highest BCUT2D eigenvalue weighted by Gasteiger charge is 2.37. The predicted molar refractivity (Wildman–Crippen MR) is 167 cm³/mol. The van der Waals surface area contributed by atoms with Gasteiger partial charge in [-0.1, -0.05) is 31.9 Å². The first-order valence-electron chi connectivity index (χ1n) is 14.0. The first-order chi connectivity index (χ1) is 21.0. The molecule has 2 aromatic heterocycles. The smallest absolute Gasteiger partial charge is 0.298 e. The number of aromatic nitrogens is 3. The summed E-state index contributed by atoms with van der Waals surface area (Å²) >= 11 is 0. The van der Waals surface area contributed by atoms with Gasteiger partial charge in [0.1, 0.15) is 17.3 Å². The number of fused-ring (bicyclic) bond motifs is 1. The van der Waals surface area contributed by atoms with Gasteiger partial charge >= 0.3 is 0 Å². The molecule has 0 saturated carbocycles. The van der Waals surface area contributed by atoms with Gasteiger partial charge in [0.2, 0.25) is 0 Å². The second-order valence-electron chi connectivity index (χ2n) is 10.0. The summed E-state index contributed by atoms with van der Waals surface area (Å²) in [5.41, 5.74) is 1.12. The number of pyridine rings is 1. The maximum absolute atomic E-state index is 15.4. The lowest BCUT2D eigenvalue weighted by atomic mass is 10.00. The molecule has 2 aromatic carbocycles. The Morgan fingerprint density at radius 2 is 1.82 bits per heavy atom. The number of anilines is 3. The van der Waals surface area contributed by atoms with E-state index in [0.717, 1.165) is 0 Å². The summed E-state index contributed by atoms with van der Waals surface area (Å²) in [6.07, 6.45) is 8.29. The molecule has 1 aliphatic heterocycles. The molecule has 0 fully saturated rings. The molecule has 2 amide bonds. The van der Waals surface area contributed by atoms with Gasteiger partial charge in [-0.25, -0.2) is 4.98 Å². The molecule has 5 rings (SSSR count). The van der Waals surface area contributed by atoms with E-state index in [2.05, 4.69) is 21.3 Å². The number of carbonyl (C=O) groups is 2. The first kappa shape index (κ1) is 31.7. The van der Waals surface area contributed by atoms with Gasteiger partial charge in [-0.05, 0) is 49.4 Å². The zero-order chi connectivity index (χ0) is 32.2. The van der Waals surface area contributed by atoms with Crippen molar-refractivity contribution < 1.29 is 23.1 Å². The van der Waals surface area contributed by atoms with Crippen molar-refractivity contribution >= 4 is 29.0 Å². The lowest BCUT2D eigenvalue weighted by Gasteiger charge is -2.34. The third-order valence-electron chi connectivity index (χ3n) is 7.08. The number of rotatable bonds is 7. The summed E-state index contributed by atoms with van der Waals surface area (Å²) in [5, 5.41) is 7.03. The van der Waals surface area contributed by atoms with E-state index >= 15 is 8.78 Å². The number of amides is 2. The van der Waals surface area contributed by atoms with Gasteiger partial charge in [0.05, 0.1) is 37.1 Å². The van der Waals surface area contributed by atoms with Gasteiger partial charge in [-0.15, -0.1) is 6.42 Å². The van der Waals surface area contributed by atoms with Crippen LogP contribution in [0.15, 0.2) is 67.0 Å². The number of halogens is 2. The number of hydrogen-bond donors (Lipinski definition) is 1. The summed E-state index contributed by atoms with van der Waals surface area (Å²) in [6, 6.07) is 12.6. The van der Waals surface area contributed by atoms with Crippen LogP contribution in [0.3, 0.4) is 0 Å². The average Bonchev–Trinajstić information content (AvgIpc) is 3.43. The maximum Gasteiger partial charge on any atom is 0.298 e. The van der Waals surface area contributed by atoms with E-state index in [9.17, 15) is 9.59 Å². The molecule has 3 heterocycles. The Morgan fingerprint density at radius 3 is 2.45 bits per heavy atom. The van der Waals surface area contributed by atoms with Crippen LogP contribution in [-0.2, 0) is 12.5 Å². The first-order valence-corrected chi connectivity index (χ1v) is 14.0. The summed E-state index contributed by atoms with van der Waals surface area (Å²) in [6.45, 7) is 6.17. The zero-order valence-electron chi connectivity index (χ0n) is 25.4. The average molecular weight is 601 g/mol. The number of hydrogen-bond acceptors (Lipinski definition) is 6. The van der Waals surface area contributed by atoms with Crippen molar-refractivity contribution in [2.24, 2.45) is 0 Å². The van der Waals surface area contributed by atoms with E-state index in [-0.39, 0.29) is 34.1 Å². The molecule has 1 atom stereocenters. The van der Waals surface area contributed by atoms with Gasteiger partial charge in [-0.3, -0.25) is 14.3 Å². The minimum absolute atomic E-state index is 0.176. The number of ether oxygens (including phenoxy) is 1. The molecule has 0 saturated heterocycles. The lowest BCUT2D eigenvalue weighted by Crippen LogP contribution is -2.47. The molecule has 4 aromatic rings. The number of terminal acetylenes is 1. The Labute approximate surface area is 255 Å². The summed E-state index contributed by atoms with van der Waals surface area (Å²) in [7, 11) is 4.94. The molecule has 11 heteroatoms. The summed E-state index contributed by atoms with van der Waals surface area (Å²) < 4.78 is 37.6. The molecule has 1 aliphatic rings. The number of alkyl halides is 2. The Hall–Kier alpha value is -5.24. The fraction of sp³-hybridized carbons (Fsp3) is 0.273. The summed E-state index contributed by atoms with van der Waals surface area (Å²) in [5.74, 6) is -0.831. The highest BCUT2D eigenvalue weighted by molar-refractivity contribution is 6.13. The minimum atomic E-state index is -3.28. The second kappa shape index (κ2) is 13.0. The van der Waals surface area contributed by atoms with Crippen molar-refractivity contribution in [2.75, 3.05) is 36.3 Å². The molecule has 0 spiro atoms. The van der Waals surface area contributed by atoms with Gasteiger partial charge in [0.25, 0.3) is 17.7 Å². The van der Waals surface area contributed by atoms with Gasteiger partial charge in [0, 0.05) is 42.7 Å². The third-order valence-corrected chi connectivity index (χ3v) is 7.08. The second-order valence-corrected chi connectivity index (χ2v) is 10.0. The SMILES string of the molecule is C#Cc1cc(C(=O)Nc2cnn3c2C(=O)N(c2ccc(C(F)(F)c4ccnc(N(C)C)c4)cc2)[C@@H](C)C3)ccc1OC.CC.